The van der Waals surface area contributed by atoms with Crippen LogP contribution in [0.15, 0.2) is 24.3 Å². The van der Waals surface area contributed by atoms with Crippen LogP contribution in [-0.4, -0.2) is 29.4 Å². The first-order valence-electron chi connectivity index (χ1n) is 7.46. The molecule has 2 saturated heterocycles. The molecule has 3 atom stereocenters. The van der Waals surface area contributed by atoms with Crippen LogP contribution in [0, 0.1) is 0 Å². The number of nitrogens with zero attached hydrogens (tertiary/aromatic N) is 1. The Morgan fingerprint density at radius 3 is 2.95 bits per heavy atom. The average Bonchev–Trinajstić information content (AvgIpc) is 3.07. The molecule has 1 N–H and O–H groups in total. The molecule has 0 saturated carbocycles. The lowest BCUT2D eigenvalue weighted by atomic mass is 10.0. The quantitative estimate of drug-likeness (QED) is 0.928. The second-order valence-corrected chi connectivity index (χ2v) is 6.33. The minimum absolute atomic E-state index is 0.286. The number of amides is 1. The molecule has 3 rings (SSSR count). The second-order valence-electron chi connectivity index (χ2n) is 5.89. The molecule has 0 bridgehead atoms. The molecule has 4 heteroatoms. The molecule has 3 nitrogen and oxygen atoms in total. The summed E-state index contributed by atoms with van der Waals surface area (Å²) in [4.78, 5) is 13.9. The fraction of sp³-hybridized carbons (Fsp3) is 0.562. The van der Waals surface area contributed by atoms with E-state index in [1.54, 1.807) is 0 Å². The van der Waals surface area contributed by atoms with Gasteiger partial charge in [0.15, 0.2) is 0 Å². The molecule has 2 fully saturated rings. The molecular weight excluding hydrogens is 272 g/mol. The first kappa shape index (κ1) is 13.9. The van der Waals surface area contributed by atoms with E-state index in [9.17, 15) is 4.79 Å². The van der Waals surface area contributed by atoms with Crippen molar-refractivity contribution in [2.45, 2.75) is 50.7 Å². The van der Waals surface area contributed by atoms with Gasteiger partial charge in [-0.3, -0.25) is 4.79 Å². The highest BCUT2D eigenvalue weighted by Crippen LogP contribution is 2.31. The third kappa shape index (κ3) is 2.70. The second kappa shape index (κ2) is 5.74. The summed E-state index contributed by atoms with van der Waals surface area (Å²) in [7, 11) is 0. The summed E-state index contributed by atoms with van der Waals surface area (Å²) in [6.45, 7) is 3.08. The van der Waals surface area contributed by atoms with Gasteiger partial charge in [-0.15, -0.1) is 0 Å². The Labute approximate surface area is 125 Å². The zero-order chi connectivity index (χ0) is 14.1. The average molecular weight is 293 g/mol. The van der Waals surface area contributed by atoms with E-state index in [1.807, 2.05) is 23.1 Å². The van der Waals surface area contributed by atoms with E-state index in [2.05, 4.69) is 18.3 Å². The zero-order valence-electron chi connectivity index (χ0n) is 11.8. The Morgan fingerprint density at radius 1 is 1.40 bits per heavy atom. The summed E-state index contributed by atoms with van der Waals surface area (Å²) in [5, 5.41) is 4.47. The van der Waals surface area contributed by atoms with Crippen LogP contribution in [0.2, 0.25) is 5.02 Å². The largest absolute Gasteiger partial charge is 0.338 e. The van der Waals surface area contributed by atoms with Crippen molar-refractivity contribution in [3.05, 3.63) is 34.9 Å². The maximum atomic E-state index is 11.8. The molecule has 0 unspecified atom stereocenters. The smallest absolute Gasteiger partial charge is 0.222 e. The van der Waals surface area contributed by atoms with Crippen molar-refractivity contribution in [3.8, 4) is 0 Å². The summed E-state index contributed by atoms with van der Waals surface area (Å²) in [5.41, 5.74) is 1.25. The van der Waals surface area contributed by atoms with Gasteiger partial charge in [0.1, 0.15) is 0 Å². The van der Waals surface area contributed by atoms with E-state index >= 15 is 0 Å². The third-order valence-corrected chi connectivity index (χ3v) is 4.85. The van der Waals surface area contributed by atoms with E-state index in [0.29, 0.717) is 18.0 Å². The highest BCUT2D eigenvalue weighted by molar-refractivity contribution is 6.30. The van der Waals surface area contributed by atoms with E-state index < -0.39 is 0 Å². The first-order valence-corrected chi connectivity index (χ1v) is 7.84. The molecule has 2 heterocycles. The molecule has 1 amide bonds. The van der Waals surface area contributed by atoms with Crippen molar-refractivity contribution in [3.63, 3.8) is 0 Å². The fourth-order valence-corrected chi connectivity index (χ4v) is 3.65. The van der Waals surface area contributed by atoms with E-state index in [4.69, 9.17) is 11.6 Å². The fourth-order valence-electron chi connectivity index (χ4n) is 3.45. The molecule has 2 aliphatic heterocycles. The van der Waals surface area contributed by atoms with Gasteiger partial charge in [0.25, 0.3) is 0 Å². The van der Waals surface area contributed by atoms with E-state index in [-0.39, 0.29) is 6.04 Å². The summed E-state index contributed by atoms with van der Waals surface area (Å²) in [6.07, 6.45) is 3.95. The minimum Gasteiger partial charge on any atom is -0.338 e. The minimum atomic E-state index is 0.286. The molecule has 0 radical (unpaired) electrons. The van der Waals surface area contributed by atoms with Gasteiger partial charge >= 0.3 is 0 Å². The van der Waals surface area contributed by atoms with E-state index in [1.165, 1.54) is 5.56 Å². The monoisotopic (exact) mass is 292 g/mol. The summed E-state index contributed by atoms with van der Waals surface area (Å²) in [5.74, 6) is 0.311. The van der Waals surface area contributed by atoms with Gasteiger partial charge < -0.3 is 10.2 Å². The van der Waals surface area contributed by atoms with Crippen LogP contribution in [0.4, 0.5) is 0 Å². The number of carbonyl (C=O) groups is 1. The molecule has 2 aliphatic rings. The van der Waals surface area contributed by atoms with Crippen LogP contribution in [0.3, 0.4) is 0 Å². The van der Waals surface area contributed by atoms with Crippen LogP contribution in [0.25, 0.3) is 0 Å². The molecular formula is C16H21ClN2O. The van der Waals surface area contributed by atoms with Gasteiger partial charge in [0.05, 0.1) is 0 Å². The lowest BCUT2D eigenvalue weighted by Gasteiger charge is -2.30. The molecule has 0 aromatic heterocycles. The van der Waals surface area contributed by atoms with Crippen molar-refractivity contribution in [1.82, 2.24) is 10.2 Å². The molecule has 108 valence electrons. The SMILES string of the molecule is C[C@@H]([C@H]1CC[C@@H](c2cccc(Cl)c2)N1)N1CCCC1=O. The van der Waals surface area contributed by atoms with Crippen molar-refractivity contribution in [2.24, 2.45) is 0 Å². The maximum Gasteiger partial charge on any atom is 0.222 e. The van der Waals surface area contributed by atoms with Gasteiger partial charge in [-0.25, -0.2) is 0 Å². The Balaban J connectivity index is 1.66. The Morgan fingerprint density at radius 2 is 2.25 bits per heavy atom. The zero-order valence-corrected chi connectivity index (χ0v) is 12.6. The number of rotatable bonds is 3. The summed E-state index contributed by atoms with van der Waals surface area (Å²) in [6, 6.07) is 9.10. The number of hydrogen-bond acceptors (Lipinski definition) is 2. The van der Waals surface area contributed by atoms with Crippen molar-refractivity contribution < 1.29 is 4.79 Å². The lowest BCUT2D eigenvalue weighted by molar-refractivity contribution is -0.129. The van der Waals surface area contributed by atoms with E-state index in [0.717, 1.165) is 37.3 Å². The molecule has 0 spiro atoms. The predicted octanol–water partition coefficient (Wildman–Crippen LogP) is 3.14. The Kier molecular flexibility index (Phi) is 3.99. The summed E-state index contributed by atoms with van der Waals surface area (Å²) >= 11 is 6.06. The highest BCUT2D eigenvalue weighted by atomic mass is 35.5. The Hall–Kier alpha value is -1.06. The molecule has 1 aromatic carbocycles. The van der Waals surface area contributed by atoms with Gasteiger partial charge in [0.2, 0.25) is 5.91 Å². The topological polar surface area (TPSA) is 32.3 Å². The summed E-state index contributed by atoms with van der Waals surface area (Å²) < 4.78 is 0. The standard InChI is InChI=1S/C16H21ClN2O/c1-11(19-9-3-6-16(19)20)14-7-8-15(18-14)12-4-2-5-13(17)10-12/h2,4-5,10-11,14-15,18H,3,6-9H2,1H3/t11-,14+,15-/m0/s1. The number of nitrogens with one attached hydrogen (secondary N) is 1. The lowest BCUT2D eigenvalue weighted by Crippen LogP contribution is -2.46. The molecule has 0 aliphatic carbocycles. The van der Waals surface area contributed by atoms with Crippen LogP contribution in [0.1, 0.15) is 44.2 Å². The number of benzene rings is 1. The van der Waals surface area contributed by atoms with Crippen LogP contribution < -0.4 is 5.32 Å². The molecule has 1 aromatic rings. The maximum absolute atomic E-state index is 11.8. The van der Waals surface area contributed by atoms with Gasteiger partial charge in [0, 0.05) is 36.1 Å². The van der Waals surface area contributed by atoms with Crippen molar-refractivity contribution >= 4 is 17.5 Å². The number of halogens is 1. The molecule has 20 heavy (non-hydrogen) atoms. The Bertz CT molecular complexity index is 505. The van der Waals surface area contributed by atoms with Crippen molar-refractivity contribution in [2.75, 3.05) is 6.54 Å². The first-order chi connectivity index (χ1) is 9.65. The predicted molar refractivity (Wildman–Crippen MR) is 80.8 cm³/mol. The van der Waals surface area contributed by atoms with Gasteiger partial charge in [-0.2, -0.15) is 0 Å². The number of carbonyl (C=O) groups excluding carboxylic acids is 1. The van der Waals surface area contributed by atoms with Crippen LogP contribution >= 0.6 is 11.6 Å². The van der Waals surface area contributed by atoms with Gasteiger partial charge in [-0.05, 0) is 43.9 Å². The van der Waals surface area contributed by atoms with Crippen LogP contribution in [-0.2, 0) is 4.79 Å². The van der Waals surface area contributed by atoms with Gasteiger partial charge in [-0.1, -0.05) is 23.7 Å². The van der Waals surface area contributed by atoms with Crippen molar-refractivity contribution in [1.29, 1.82) is 0 Å². The highest BCUT2D eigenvalue weighted by Gasteiger charge is 2.34. The third-order valence-electron chi connectivity index (χ3n) is 4.62. The van der Waals surface area contributed by atoms with Crippen LogP contribution in [0.5, 0.6) is 0 Å². The number of hydrogen-bond donors (Lipinski definition) is 1. The normalized spacial score (nSPS) is 28.1. The number of likely N-dealkylation sites (tertiary alicyclic amines) is 1.